The highest BCUT2D eigenvalue weighted by Crippen LogP contribution is 2.25. The van der Waals surface area contributed by atoms with Crippen LogP contribution in [0.25, 0.3) is 0 Å². The number of rotatable bonds is 5. The molecule has 1 saturated heterocycles. The van der Waals surface area contributed by atoms with Crippen LogP contribution in [0.3, 0.4) is 0 Å². The first-order valence-corrected chi connectivity index (χ1v) is 10.9. The van der Waals surface area contributed by atoms with Crippen LogP contribution >= 0.6 is 0 Å². The van der Waals surface area contributed by atoms with Crippen LogP contribution in [-0.4, -0.2) is 44.3 Å². The monoisotopic (exact) mass is 413 g/mol. The maximum absolute atomic E-state index is 11.5. The summed E-state index contributed by atoms with van der Waals surface area (Å²) in [5.74, 6) is -0.459. The Morgan fingerprint density at radius 2 is 1.64 bits per heavy atom. The standard InChI is InChI=1S/C12H19NO4.C7H8O3S/c14-11(9-4-1-2-5-9)16-8-17-12(15)10-6-3-7-13-10;1-6-2-4-7(5-3-6)11(8,9)10/h9-10,13H,1-8H2;2-5H,1H3,(H,8,9,10). The fourth-order valence-corrected chi connectivity index (χ4v) is 3.70. The summed E-state index contributed by atoms with van der Waals surface area (Å²) >= 11 is 0. The second-order valence-electron chi connectivity index (χ2n) is 7.07. The van der Waals surface area contributed by atoms with E-state index in [0.717, 1.165) is 50.6 Å². The molecule has 9 heteroatoms. The maximum atomic E-state index is 11.5. The van der Waals surface area contributed by atoms with Gasteiger partial charge in [-0.1, -0.05) is 30.5 Å². The Bertz CT molecular complexity index is 721. The molecular weight excluding hydrogens is 386 g/mol. The predicted molar refractivity (Wildman–Crippen MR) is 98.0 cm³/mol. The molecule has 0 radical (unpaired) electrons. The molecule has 28 heavy (non-hydrogen) atoms. The lowest BCUT2D eigenvalue weighted by Gasteiger charge is -2.11. The molecule has 156 valence electrons. The Labute approximate surface area is 165 Å². The first kappa shape index (κ1) is 22.3. The lowest BCUT2D eigenvalue weighted by Crippen LogP contribution is -2.88. The quantitative estimate of drug-likeness (QED) is 0.431. The van der Waals surface area contributed by atoms with Gasteiger partial charge in [-0.2, -0.15) is 0 Å². The number of hydrogen-bond donors (Lipinski definition) is 1. The van der Waals surface area contributed by atoms with Crippen LogP contribution in [0.4, 0.5) is 0 Å². The summed E-state index contributed by atoms with van der Waals surface area (Å²) in [6.45, 7) is 2.57. The lowest BCUT2D eigenvalue weighted by molar-refractivity contribution is -0.659. The van der Waals surface area contributed by atoms with E-state index in [4.69, 9.17) is 9.47 Å². The van der Waals surface area contributed by atoms with Crippen LogP contribution in [0.2, 0.25) is 0 Å². The molecule has 1 heterocycles. The topological polar surface area (TPSA) is 126 Å². The highest BCUT2D eigenvalue weighted by Gasteiger charge is 2.28. The third-order valence-corrected chi connectivity index (χ3v) is 5.72. The first-order valence-electron chi connectivity index (χ1n) is 9.46. The fraction of sp³-hybridized carbons (Fsp3) is 0.579. The molecule has 1 aromatic carbocycles. The van der Waals surface area contributed by atoms with Gasteiger partial charge in [0.2, 0.25) is 6.79 Å². The molecule has 3 rings (SSSR count). The van der Waals surface area contributed by atoms with Crippen molar-refractivity contribution in [3.8, 4) is 0 Å². The van der Waals surface area contributed by atoms with E-state index >= 15 is 0 Å². The summed E-state index contributed by atoms with van der Waals surface area (Å²) in [6.07, 6.45) is 5.90. The molecule has 1 saturated carbocycles. The number of quaternary nitrogens is 1. The van der Waals surface area contributed by atoms with Crippen molar-refractivity contribution in [1.82, 2.24) is 0 Å². The van der Waals surface area contributed by atoms with Crippen LogP contribution in [0.5, 0.6) is 0 Å². The molecule has 8 nitrogen and oxygen atoms in total. The largest absolute Gasteiger partial charge is 0.744 e. The van der Waals surface area contributed by atoms with Gasteiger partial charge in [0.1, 0.15) is 10.1 Å². The summed E-state index contributed by atoms with van der Waals surface area (Å²) in [6, 6.07) is 5.69. The normalized spacial score (nSPS) is 19.6. The number of ether oxygens (including phenoxy) is 2. The number of aryl methyl sites for hydroxylation is 1. The van der Waals surface area contributed by atoms with E-state index in [1.54, 1.807) is 12.1 Å². The Hall–Kier alpha value is -1.97. The fourth-order valence-electron chi connectivity index (χ4n) is 3.23. The molecule has 2 N–H and O–H groups in total. The Morgan fingerprint density at radius 3 is 2.18 bits per heavy atom. The van der Waals surface area contributed by atoms with Crippen LogP contribution in [0.1, 0.15) is 44.1 Å². The van der Waals surface area contributed by atoms with E-state index in [-0.39, 0.29) is 35.6 Å². The highest BCUT2D eigenvalue weighted by atomic mass is 32.2. The van der Waals surface area contributed by atoms with Crippen molar-refractivity contribution in [1.29, 1.82) is 0 Å². The number of benzene rings is 1. The van der Waals surface area contributed by atoms with Gasteiger partial charge in [0.05, 0.1) is 17.4 Å². The van der Waals surface area contributed by atoms with Crippen LogP contribution in [0, 0.1) is 12.8 Å². The molecular formula is C19H27NO7S. The van der Waals surface area contributed by atoms with Gasteiger partial charge in [-0.05, 0) is 31.9 Å². The molecule has 1 atom stereocenters. The Kier molecular flexibility index (Phi) is 8.40. The van der Waals surface area contributed by atoms with Crippen molar-refractivity contribution in [3.05, 3.63) is 29.8 Å². The molecule has 0 spiro atoms. The third-order valence-electron chi connectivity index (χ3n) is 4.87. The molecule has 0 aromatic heterocycles. The van der Waals surface area contributed by atoms with Gasteiger partial charge in [-0.15, -0.1) is 0 Å². The zero-order valence-electron chi connectivity index (χ0n) is 16.0. The summed E-state index contributed by atoms with van der Waals surface area (Å²) < 4.78 is 41.1. The van der Waals surface area contributed by atoms with Crippen LogP contribution in [0.15, 0.2) is 29.2 Å². The van der Waals surface area contributed by atoms with Crippen molar-refractivity contribution >= 4 is 22.1 Å². The van der Waals surface area contributed by atoms with Gasteiger partial charge < -0.3 is 19.3 Å². The minimum absolute atomic E-state index is 0.0201. The highest BCUT2D eigenvalue weighted by molar-refractivity contribution is 7.85. The van der Waals surface area contributed by atoms with Gasteiger partial charge in [-0.3, -0.25) is 4.79 Å². The van der Waals surface area contributed by atoms with Crippen molar-refractivity contribution < 1.29 is 37.4 Å². The third kappa shape index (κ3) is 7.21. The van der Waals surface area contributed by atoms with E-state index in [1.807, 2.05) is 12.2 Å². The second-order valence-corrected chi connectivity index (χ2v) is 8.45. The van der Waals surface area contributed by atoms with E-state index in [2.05, 4.69) is 0 Å². The summed E-state index contributed by atoms with van der Waals surface area (Å²) in [7, 11) is -4.27. The van der Waals surface area contributed by atoms with Crippen molar-refractivity contribution in [2.75, 3.05) is 13.3 Å². The van der Waals surface area contributed by atoms with E-state index in [1.165, 1.54) is 12.1 Å². The Morgan fingerprint density at radius 1 is 1.04 bits per heavy atom. The molecule has 1 aliphatic carbocycles. The first-order chi connectivity index (χ1) is 13.3. The van der Waals surface area contributed by atoms with E-state index in [9.17, 15) is 22.6 Å². The van der Waals surface area contributed by atoms with Crippen molar-refractivity contribution in [2.45, 2.75) is 56.4 Å². The lowest BCUT2D eigenvalue weighted by atomic mass is 10.1. The SMILES string of the molecule is Cc1ccc(S(=O)(=O)[O-])cc1.O=C(OCOC(=O)C1CCC[NH2+]1)C1CCCC1. The van der Waals surface area contributed by atoms with Gasteiger partial charge in [-0.25, -0.2) is 13.2 Å². The summed E-state index contributed by atoms with van der Waals surface area (Å²) in [4.78, 5) is 22.9. The van der Waals surface area contributed by atoms with Gasteiger partial charge in [0, 0.05) is 12.8 Å². The molecule has 0 amide bonds. The zero-order chi connectivity index (χ0) is 20.6. The second kappa shape index (κ2) is 10.5. The van der Waals surface area contributed by atoms with Crippen LogP contribution in [-0.2, 0) is 29.2 Å². The molecule has 2 fully saturated rings. The summed E-state index contributed by atoms with van der Waals surface area (Å²) in [5, 5.41) is 1.97. The van der Waals surface area contributed by atoms with E-state index < -0.39 is 10.1 Å². The molecule has 1 aromatic rings. The molecule has 0 bridgehead atoms. The number of carbonyl (C=O) groups excluding carboxylic acids is 2. The number of nitrogens with two attached hydrogens (primary N) is 1. The maximum Gasteiger partial charge on any atom is 0.367 e. The summed E-state index contributed by atoms with van der Waals surface area (Å²) in [5.41, 5.74) is 0.928. The van der Waals surface area contributed by atoms with E-state index in [0.29, 0.717) is 0 Å². The number of esters is 2. The van der Waals surface area contributed by atoms with Crippen molar-refractivity contribution in [2.24, 2.45) is 5.92 Å². The number of hydrogen-bond acceptors (Lipinski definition) is 7. The van der Waals surface area contributed by atoms with Gasteiger partial charge in [0.15, 0.2) is 6.04 Å². The minimum Gasteiger partial charge on any atom is -0.744 e. The van der Waals surface area contributed by atoms with Crippen molar-refractivity contribution in [3.63, 3.8) is 0 Å². The molecule has 2 aliphatic rings. The number of carbonyl (C=O) groups is 2. The predicted octanol–water partition coefficient (Wildman–Crippen LogP) is 0.845. The smallest absolute Gasteiger partial charge is 0.367 e. The van der Waals surface area contributed by atoms with Gasteiger partial charge in [0.25, 0.3) is 0 Å². The average Bonchev–Trinajstić information content (AvgIpc) is 3.35. The Balaban J connectivity index is 0.000000221. The average molecular weight is 413 g/mol. The zero-order valence-corrected chi connectivity index (χ0v) is 16.8. The van der Waals surface area contributed by atoms with Crippen LogP contribution < -0.4 is 5.32 Å². The molecule has 1 aliphatic heterocycles. The minimum atomic E-state index is -4.27. The van der Waals surface area contributed by atoms with Gasteiger partial charge >= 0.3 is 11.9 Å². The molecule has 1 unspecified atom stereocenters.